The molecule has 1 aromatic carbocycles. The maximum Gasteiger partial charge on any atom is 0.152 e. The maximum atomic E-state index is 6.03. The Bertz CT molecular complexity index is 597. The summed E-state index contributed by atoms with van der Waals surface area (Å²) >= 11 is 11.9. The minimum absolute atomic E-state index is 0.510. The third-order valence-electron chi connectivity index (χ3n) is 2.74. The minimum Gasteiger partial charge on any atom is -0.371 e. The van der Waals surface area contributed by atoms with E-state index in [4.69, 9.17) is 23.2 Å². The molecule has 0 radical (unpaired) electrons. The fourth-order valence-electron chi connectivity index (χ4n) is 1.62. The Labute approximate surface area is 116 Å². The molecular weight excluding hydrogens is 269 g/mol. The predicted octanol–water partition coefficient (Wildman–Crippen LogP) is 4.11. The van der Waals surface area contributed by atoms with E-state index in [9.17, 15) is 0 Å². The van der Waals surface area contributed by atoms with Crippen LogP contribution in [-0.2, 0) is 0 Å². The molecule has 0 fully saturated rings. The van der Waals surface area contributed by atoms with Crippen LogP contribution in [-0.4, -0.2) is 17.0 Å². The van der Waals surface area contributed by atoms with E-state index in [1.807, 2.05) is 27.0 Å². The molecule has 3 nitrogen and oxygen atoms in total. The molecule has 5 heteroatoms. The summed E-state index contributed by atoms with van der Waals surface area (Å²) in [5.41, 5.74) is 3.47. The number of rotatable bonds is 2. The predicted molar refractivity (Wildman–Crippen MR) is 76.5 cm³/mol. The second-order valence-corrected chi connectivity index (χ2v) is 4.78. The van der Waals surface area contributed by atoms with E-state index in [1.54, 1.807) is 12.1 Å². The highest BCUT2D eigenvalue weighted by Gasteiger charge is 2.11. The van der Waals surface area contributed by atoms with Gasteiger partial charge in [0.2, 0.25) is 0 Å². The van der Waals surface area contributed by atoms with Gasteiger partial charge in [-0.05, 0) is 26.0 Å². The van der Waals surface area contributed by atoms with Gasteiger partial charge >= 0.3 is 0 Å². The highest BCUT2D eigenvalue weighted by atomic mass is 35.5. The number of hydrogen-bond acceptors (Lipinski definition) is 3. The van der Waals surface area contributed by atoms with Gasteiger partial charge < -0.3 is 5.32 Å². The maximum absolute atomic E-state index is 6.03. The van der Waals surface area contributed by atoms with Crippen molar-refractivity contribution in [3.63, 3.8) is 0 Å². The van der Waals surface area contributed by atoms with E-state index in [1.165, 1.54) is 0 Å². The second kappa shape index (κ2) is 5.12. The van der Waals surface area contributed by atoms with Crippen molar-refractivity contribution in [1.82, 2.24) is 9.97 Å². The summed E-state index contributed by atoms with van der Waals surface area (Å²) in [4.78, 5) is 9.03. The molecule has 0 aliphatic heterocycles. The van der Waals surface area contributed by atoms with Gasteiger partial charge in [-0.2, -0.15) is 0 Å². The molecule has 2 rings (SSSR count). The van der Waals surface area contributed by atoms with Crippen molar-refractivity contribution in [2.24, 2.45) is 0 Å². The van der Waals surface area contributed by atoms with Crippen molar-refractivity contribution in [3.8, 4) is 11.3 Å². The molecule has 1 heterocycles. The summed E-state index contributed by atoms with van der Waals surface area (Å²) in [7, 11) is 1.82. The molecule has 0 amide bonds. The smallest absolute Gasteiger partial charge is 0.152 e. The first-order valence-electron chi connectivity index (χ1n) is 5.51. The average Bonchev–Trinajstić information content (AvgIpc) is 2.35. The lowest BCUT2D eigenvalue weighted by molar-refractivity contribution is 1.05. The normalized spacial score (nSPS) is 10.5. The van der Waals surface area contributed by atoms with Crippen molar-refractivity contribution in [1.29, 1.82) is 0 Å². The molecule has 0 aliphatic rings. The van der Waals surface area contributed by atoms with Gasteiger partial charge in [0.15, 0.2) is 5.82 Å². The molecule has 0 saturated heterocycles. The molecule has 0 saturated carbocycles. The lowest BCUT2D eigenvalue weighted by atomic mass is 10.1. The van der Waals surface area contributed by atoms with Gasteiger partial charge in [0, 0.05) is 12.6 Å². The molecule has 2 aromatic rings. The van der Waals surface area contributed by atoms with Crippen LogP contribution >= 0.6 is 23.2 Å². The van der Waals surface area contributed by atoms with Crippen LogP contribution in [0.5, 0.6) is 0 Å². The van der Waals surface area contributed by atoms with E-state index in [0.717, 1.165) is 28.5 Å². The van der Waals surface area contributed by atoms with Gasteiger partial charge in [-0.25, -0.2) is 9.97 Å². The molecule has 0 spiro atoms. The zero-order chi connectivity index (χ0) is 13.3. The fourth-order valence-corrected chi connectivity index (χ4v) is 1.92. The first-order chi connectivity index (χ1) is 8.52. The Hall–Kier alpha value is -1.32. The van der Waals surface area contributed by atoms with Gasteiger partial charge in [0.05, 0.1) is 21.4 Å². The van der Waals surface area contributed by atoms with Crippen molar-refractivity contribution in [2.75, 3.05) is 12.4 Å². The lowest BCUT2D eigenvalue weighted by Gasteiger charge is -2.11. The Morgan fingerprint density at radius 2 is 1.67 bits per heavy atom. The summed E-state index contributed by atoms with van der Waals surface area (Å²) in [5.74, 6) is 0.733. The molecule has 1 N–H and O–H groups in total. The topological polar surface area (TPSA) is 37.8 Å². The van der Waals surface area contributed by atoms with E-state index >= 15 is 0 Å². The van der Waals surface area contributed by atoms with Gasteiger partial charge in [0.25, 0.3) is 0 Å². The van der Waals surface area contributed by atoms with Crippen LogP contribution in [0.4, 0.5) is 5.82 Å². The van der Waals surface area contributed by atoms with E-state index < -0.39 is 0 Å². The van der Waals surface area contributed by atoms with Crippen LogP contribution in [0, 0.1) is 13.8 Å². The molecule has 0 bridgehead atoms. The summed E-state index contributed by atoms with van der Waals surface area (Å²) in [6.07, 6.45) is 0. The highest BCUT2D eigenvalue weighted by molar-refractivity contribution is 6.42. The van der Waals surface area contributed by atoms with Crippen LogP contribution in [0.25, 0.3) is 11.3 Å². The third-order valence-corrected chi connectivity index (χ3v) is 3.48. The Morgan fingerprint density at radius 1 is 1.00 bits per heavy atom. The number of nitrogens with zero attached hydrogens (tertiary/aromatic N) is 2. The number of aryl methyl sites for hydroxylation is 2. The molecule has 0 aliphatic carbocycles. The van der Waals surface area contributed by atoms with Crippen molar-refractivity contribution < 1.29 is 0 Å². The SMILES string of the molecule is CNc1nc(C)c(C)nc1-c1ccc(Cl)c(Cl)c1. The Kier molecular flexibility index (Phi) is 3.73. The van der Waals surface area contributed by atoms with Crippen LogP contribution in [0.3, 0.4) is 0 Å². The lowest BCUT2D eigenvalue weighted by Crippen LogP contribution is -2.02. The molecule has 1 aromatic heterocycles. The summed E-state index contributed by atoms with van der Waals surface area (Å²) < 4.78 is 0. The van der Waals surface area contributed by atoms with Crippen LogP contribution in [0.2, 0.25) is 10.0 Å². The second-order valence-electron chi connectivity index (χ2n) is 3.97. The number of nitrogens with one attached hydrogen (secondary N) is 1. The standard InChI is InChI=1S/C13H13Cl2N3/c1-7-8(2)18-13(16-3)12(17-7)9-4-5-10(14)11(15)6-9/h4-6H,1-3H3,(H,16,18). The van der Waals surface area contributed by atoms with Crippen LogP contribution in [0.15, 0.2) is 18.2 Å². The first-order valence-corrected chi connectivity index (χ1v) is 6.27. The van der Waals surface area contributed by atoms with E-state index in [0.29, 0.717) is 10.0 Å². The number of hydrogen-bond donors (Lipinski definition) is 1. The molecule has 18 heavy (non-hydrogen) atoms. The van der Waals surface area contributed by atoms with Gasteiger partial charge in [-0.1, -0.05) is 29.3 Å². The zero-order valence-electron chi connectivity index (χ0n) is 10.4. The van der Waals surface area contributed by atoms with E-state index in [-0.39, 0.29) is 0 Å². The van der Waals surface area contributed by atoms with Gasteiger partial charge in [-0.15, -0.1) is 0 Å². The Balaban J connectivity index is 2.62. The minimum atomic E-state index is 0.510. The largest absolute Gasteiger partial charge is 0.371 e. The van der Waals surface area contributed by atoms with E-state index in [2.05, 4.69) is 15.3 Å². The van der Waals surface area contributed by atoms with Gasteiger partial charge in [0.1, 0.15) is 5.69 Å². The van der Waals surface area contributed by atoms with Crippen molar-refractivity contribution in [3.05, 3.63) is 39.6 Å². The number of halogens is 2. The van der Waals surface area contributed by atoms with Crippen LogP contribution < -0.4 is 5.32 Å². The number of anilines is 1. The number of benzene rings is 1. The molecule has 0 unspecified atom stereocenters. The monoisotopic (exact) mass is 281 g/mol. The summed E-state index contributed by atoms with van der Waals surface area (Å²) in [5, 5.41) is 4.09. The van der Waals surface area contributed by atoms with Gasteiger partial charge in [-0.3, -0.25) is 0 Å². The molecular formula is C13H13Cl2N3. The molecule has 94 valence electrons. The quantitative estimate of drug-likeness (QED) is 0.900. The number of aromatic nitrogens is 2. The third kappa shape index (κ3) is 2.42. The fraction of sp³-hybridized carbons (Fsp3) is 0.231. The highest BCUT2D eigenvalue weighted by Crippen LogP contribution is 2.30. The first kappa shape index (κ1) is 13.1. The average molecular weight is 282 g/mol. The molecule has 0 atom stereocenters. The van der Waals surface area contributed by atoms with Crippen molar-refractivity contribution >= 4 is 29.0 Å². The van der Waals surface area contributed by atoms with Crippen LogP contribution in [0.1, 0.15) is 11.4 Å². The zero-order valence-corrected chi connectivity index (χ0v) is 11.9. The summed E-state index contributed by atoms with van der Waals surface area (Å²) in [6, 6.07) is 5.44. The summed E-state index contributed by atoms with van der Waals surface area (Å²) in [6.45, 7) is 3.87. The Morgan fingerprint density at radius 3 is 2.28 bits per heavy atom. The van der Waals surface area contributed by atoms with Crippen molar-refractivity contribution in [2.45, 2.75) is 13.8 Å².